The fourth-order valence-corrected chi connectivity index (χ4v) is 3.08. The zero-order chi connectivity index (χ0) is 18.7. The summed E-state index contributed by atoms with van der Waals surface area (Å²) < 4.78 is 43.6. The van der Waals surface area contributed by atoms with Gasteiger partial charge in [-0.15, -0.1) is 0 Å². The molecule has 1 atom stereocenters. The van der Waals surface area contributed by atoms with Crippen molar-refractivity contribution >= 4 is 17.6 Å². The molecule has 1 aromatic rings. The van der Waals surface area contributed by atoms with Gasteiger partial charge in [-0.05, 0) is 31.0 Å². The second-order valence-corrected chi connectivity index (χ2v) is 6.32. The standard InChI is InChI=1S/C17H20F3N3O3/c18-17(19,20)12-3-1-4-13(11-12)21-16(25)23-8-6-22(7-9-23)15(24)14-5-2-10-26-14/h1,3-4,11,14H,2,5-10H2,(H,21,25). The topological polar surface area (TPSA) is 61.9 Å². The third kappa shape index (κ3) is 4.27. The number of alkyl halides is 3. The first-order valence-electron chi connectivity index (χ1n) is 8.48. The van der Waals surface area contributed by atoms with Crippen LogP contribution in [-0.4, -0.2) is 60.6 Å². The number of halogens is 3. The molecule has 1 unspecified atom stereocenters. The minimum absolute atomic E-state index is 0.0552. The first-order chi connectivity index (χ1) is 12.3. The maximum atomic E-state index is 12.7. The van der Waals surface area contributed by atoms with Crippen LogP contribution < -0.4 is 5.32 Å². The van der Waals surface area contributed by atoms with Gasteiger partial charge in [-0.2, -0.15) is 13.2 Å². The molecule has 6 nitrogen and oxygen atoms in total. The number of anilines is 1. The molecule has 3 amide bonds. The average Bonchev–Trinajstić information content (AvgIpc) is 3.15. The van der Waals surface area contributed by atoms with Gasteiger partial charge in [0, 0.05) is 38.5 Å². The lowest BCUT2D eigenvalue weighted by Crippen LogP contribution is -2.53. The number of carbonyl (C=O) groups is 2. The third-order valence-electron chi connectivity index (χ3n) is 4.52. The van der Waals surface area contributed by atoms with E-state index in [2.05, 4.69) is 5.32 Å². The molecular formula is C17H20F3N3O3. The molecule has 26 heavy (non-hydrogen) atoms. The van der Waals surface area contributed by atoms with Crippen LogP contribution in [0.4, 0.5) is 23.7 Å². The molecule has 0 aliphatic carbocycles. The Bertz CT molecular complexity index is 667. The Kier molecular flexibility index (Phi) is 5.36. The van der Waals surface area contributed by atoms with E-state index in [1.54, 1.807) is 4.90 Å². The van der Waals surface area contributed by atoms with Crippen molar-refractivity contribution < 1.29 is 27.5 Å². The van der Waals surface area contributed by atoms with Crippen LogP contribution in [0.25, 0.3) is 0 Å². The molecule has 1 aromatic carbocycles. The second kappa shape index (κ2) is 7.53. The highest BCUT2D eigenvalue weighted by Gasteiger charge is 2.32. The maximum absolute atomic E-state index is 12.7. The molecule has 0 bridgehead atoms. The molecule has 142 valence electrons. The van der Waals surface area contributed by atoms with E-state index >= 15 is 0 Å². The first kappa shape index (κ1) is 18.5. The normalized spacial score (nSPS) is 21.0. The van der Waals surface area contributed by atoms with Crippen LogP contribution >= 0.6 is 0 Å². The second-order valence-electron chi connectivity index (χ2n) is 6.32. The number of amides is 3. The average molecular weight is 371 g/mol. The minimum Gasteiger partial charge on any atom is -0.368 e. The number of nitrogens with one attached hydrogen (secondary N) is 1. The molecule has 2 heterocycles. The van der Waals surface area contributed by atoms with Gasteiger partial charge in [-0.1, -0.05) is 6.07 Å². The Morgan fingerprint density at radius 3 is 2.42 bits per heavy atom. The highest BCUT2D eigenvalue weighted by Crippen LogP contribution is 2.30. The predicted molar refractivity (Wildman–Crippen MR) is 87.6 cm³/mol. The number of nitrogens with zero attached hydrogens (tertiary/aromatic N) is 2. The number of benzene rings is 1. The van der Waals surface area contributed by atoms with Gasteiger partial charge in [0.05, 0.1) is 5.56 Å². The zero-order valence-corrected chi connectivity index (χ0v) is 14.1. The Labute approximate surface area is 148 Å². The Balaban J connectivity index is 1.53. The summed E-state index contributed by atoms with van der Waals surface area (Å²) in [7, 11) is 0. The van der Waals surface area contributed by atoms with Crippen LogP contribution in [0.15, 0.2) is 24.3 Å². The molecule has 0 radical (unpaired) electrons. The number of hydrogen-bond acceptors (Lipinski definition) is 3. The van der Waals surface area contributed by atoms with Gasteiger partial charge in [0.1, 0.15) is 6.10 Å². The van der Waals surface area contributed by atoms with Crippen LogP contribution in [-0.2, 0) is 15.7 Å². The van der Waals surface area contributed by atoms with Gasteiger partial charge in [-0.25, -0.2) is 4.79 Å². The summed E-state index contributed by atoms with van der Waals surface area (Å²) in [6.07, 6.45) is -3.26. The number of carbonyl (C=O) groups excluding carboxylic acids is 2. The van der Waals surface area contributed by atoms with E-state index in [0.717, 1.165) is 25.0 Å². The molecule has 2 fully saturated rings. The largest absolute Gasteiger partial charge is 0.416 e. The summed E-state index contributed by atoms with van der Waals surface area (Å²) in [5.74, 6) is -0.0552. The van der Waals surface area contributed by atoms with Gasteiger partial charge >= 0.3 is 12.2 Å². The molecule has 2 saturated heterocycles. The van der Waals surface area contributed by atoms with E-state index < -0.39 is 17.8 Å². The summed E-state index contributed by atoms with van der Waals surface area (Å²) in [4.78, 5) is 27.7. The molecule has 0 saturated carbocycles. The quantitative estimate of drug-likeness (QED) is 0.869. The summed E-state index contributed by atoms with van der Waals surface area (Å²) >= 11 is 0. The van der Waals surface area contributed by atoms with Crippen LogP contribution in [0, 0.1) is 0 Å². The van der Waals surface area contributed by atoms with E-state index in [9.17, 15) is 22.8 Å². The fraction of sp³-hybridized carbons (Fsp3) is 0.529. The van der Waals surface area contributed by atoms with Crippen molar-refractivity contribution in [1.82, 2.24) is 9.80 Å². The number of urea groups is 1. The number of hydrogen-bond donors (Lipinski definition) is 1. The maximum Gasteiger partial charge on any atom is 0.416 e. The summed E-state index contributed by atoms with van der Waals surface area (Å²) in [6.45, 7) is 2.01. The Morgan fingerprint density at radius 2 is 1.81 bits per heavy atom. The smallest absolute Gasteiger partial charge is 0.368 e. The van der Waals surface area contributed by atoms with Crippen molar-refractivity contribution in [3.8, 4) is 0 Å². The van der Waals surface area contributed by atoms with Crippen molar-refractivity contribution in [2.45, 2.75) is 25.1 Å². The van der Waals surface area contributed by atoms with Crippen LogP contribution in [0.2, 0.25) is 0 Å². The van der Waals surface area contributed by atoms with Crippen LogP contribution in [0.3, 0.4) is 0 Å². The number of ether oxygens (including phenoxy) is 1. The van der Waals surface area contributed by atoms with E-state index in [4.69, 9.17) is 4.74 Å². The van der Waals surface area contributed by atoms with Crippen molar-refractivity contribution in [3.63, 3.8) is 0 Å². The van der Waals surface area contributed by atoms with Gasteiger partial charge in [0.25, 0.3) is 5.91 Å². The van der Waals surface area contributed by atoms with Gasteiger partial charge in [-0.3, -0.25) is 4.79 Å². The molecule has 0 aromatic heterocycles. The van der Waals surface area contributed by atoms with E-state index in [-0.39, 0.29) is 17.7 Å². The zero-order valence-electron chi connectivity index (χ0n) is 14.1. The third-order valence-corrected chi connectivity index (χ3v) is 4.52. The van der Waals surface area contributed by atoms with E-state index in [1.807, 2.05) is 0 Å². The first-order valence-corrected chi connectivity index (χ1v) is 8.48. The monoisotopic (exact) mass is 371 g/mol. The minimum atomic E-state index is -4.46. The fourth-order valence-electron chi connectivity index (χ4n) is 3.08. The van der Waals surface area contributed by atoms with Crippen LogP contribution in [0.1, 0.15) is 18.4 Å². The van der Waals surface area contributed by atoms with Crippen LogP contribution in [0.5, 0.6) is 0 Å². The lowest BCUT2D eigenvalue weighted by atomic mass is 10.2. The van der Waals surface area contributed by atoms with Gasteiger partial charge < -0.3 is 19.9 Å². The lowest BCUT2D eigenvalue weighted by molar-refractivity contribution is -0.142. The summed E-state index contributed by atoms with van der Waals surface area (Å²) in [5, 5.41) is 2.48. The van der Waals surface area contributed by atoms with E-state index in [0.29, 0.717) is 32.8 Å². The highest BCUT2D eigenvalue weighted by atomic mass is 19.4. The molecule has 3 rings (SSSR count). The lowest BCUT2D eigenvalue weighted by Gasteiger charge is -2.35. The van der Waals surface area contributed by atoms with Crippen molar-refractivity contribution in [2.75, 3.05) is 38.1 Å². The highest BCUT2D eigenvalue weighted by molar-refractivity contribution is 5.89. The Hall–Kier alpha value is -2.29. The Morgan fingerprint density at radius 1 is 1.12 bits per heavy atom. The molecule has 9 heteroatoms. The number of rotatable bonds is 2. The summed E-state index contributed by atoms with van der Waals surface area (Å²) in [6, 6.07) is 4.02. The molecular weight excluding hydrogens is 351 g/mol. The molecule has 2 aliphatic heterocycles. The van der Waals surface area contributed by atoms with Crippen molar-refractivity contribution in [1.29, 1.82) is 0 Å². The van der Waals surface area contributed by atoms with Gasteiger partial charge in [0.2, 0.25) is 0 Å². The SMILES string of the molecule is O=C(Nc1cccc(C(F)(F)F)c1)N1CCN(C(=O)C2CCCO2)CC1. The molecule has 1 N–H and O–H groups in total. The van der Waals surface area contributed by atoms with Crippen molar-refractivity contribution in [2.24, 2.45) is 0 Å². The number of piperazine rings is 1. The molecule has 0 spiro atoms. The summed E-state index contributed by atoms with van der Waals surface area (Å²) in [5.41, 5.74) is -0.732. The predicted octanol–water partition coefficient (Wildman–Crippen LogP) is 2.56. The van der Waals surface area contributed by atoms with Crippen molar-refractivity contribution in [3.05, 3.63) is 29.8 Å². The molecule has 2 aliphatic rings. The van der Waals surface area contributed by atoms with E-state index in [1.165, 1.54) is 17.0 Å². The van der Waals surface area contributed by atoms with Gasteiger partial charge in [0.15, 0.2) is 0 Å².